The Morgan fingerprint density at radius 3 is 2.31 bits per heavy atom. The Morgan fingerprint density at radius 2 is 1.75 bits per heavy atom. The number of aromatic nitrogens is 2. The van der Waals surface area contributed by atoms with Crippen molar-refractivity contribution in [1.29, 1.82) is 0 Å². The van der Waals surface area contributed by atoms with Crippen LogP contribution < -0.4 is 4.90 Å². The first-order chi connectivity index (χ1) is 7.74. The van der Waals surface area contributed by atoms with Crippen LogP contribution in [0, 0.1) is 5.82 Å². The van der Waals surface area contributed by atoms with Crippen molar-refractivity contribution >= 4 is 5.95 Å². The largest absolute Gasteiger partial charge is 0.332 e. The van der Waals surface area contributed by atoms with Gasteiger partial charge in [-0.25, -0.2) is 14.4 Å². The number of halogens is 1. The number of nitrogens with zero attached hydrogens (tertiary/aromatic N) is 4. The van der Waals surface area contributed by atoms with Crippen molar-refractivity contribution in [1.82, 2.24) is 14.9 Å². The highest BCUT2D eigenvalue weighted by Gasteiger charge is 2.39. The van der Waals surface area contributed by atoms with E-state index in [4.69, 9.17) is 0 Å². The molecule has 2 atom stereocenters. The lowest BCUT2D eigenvalue weighted by molar-refractivity contribution is 0.262. The molecular weight excluding hydrogens is 207 g/mol. The highest BCUT2D eigenvalue weighted by Crippen LogP contribution is 2.32. The maximum Gasteiger partial charge on any atom is 0.226 e. The smallest absolute Gasteiger partial charge is 0.226 e. The SMILES string of the molecule is CN1CC2CCC(C1)N2c1ncc(F)cn1. The second-order valence-electron chi connectivity index (χ2n) is 4.71. The average molecular weight is 222 g/mol. The summed E-state index contributed by atoms with van der Waals surface area (Å²) in [4.78, 5) is 12.8. The van der Waals surface area contributed by atoms with E-state index in [1.807, 2.05) is 0 Å². The van der Waals surface area contributed by atoms with Gasteiger partial charge in [-0.3, -0.25) is 0 Å². The molecule has 0 aromatic carbocycles. The van der Waals surface area contributed by atoms with Crippen molar-refractivity contribution in [3.63, 3.8) is 0 Å². The lowest BCUT2D eigenvalue weighted by Gasteiger charge is -2.39. The number of rotatable bonds is 1. The minimum absolute atomic E-state index is 0.370. The molecule has 0 amide bonds. The second kappa shape index (κ2) is 3.66. The fourth-order valence-electron chi connectivity index (χ4n) is 2.88. The summed E-state index contributed by atoms with van der Waals surface area (Å²) < 4.78 is 12.8. The highest BCUT2D eigenvalue weighted by molar-refractivity contribution is 5.36. The highest BCUT2D eigenvalue weighted by atomic mass is 19.1. The maximum atomic E-state index is 12.8. The third-order valence-electron chi connectivity index (χ3n) is 3.50. The molecule has 2 fully saturated rings. The molecule has 2 aliphatic rings. The molecule has 86 valence electrons. The summed E-state index contributed by atoms with van der Waals surface area (Å²) in [6, 6.07) is 0.989. The lowest BCUT2D eigenvalue weighted by atomic mass is 10.2. The van der Waals surface area contributed by atoms with E-state index in [1.54, 1.807) is 0 Å². The third kappa shape index (κ3) is 1.55. The summed E-state index contributed by atoms with van der Waals surface area (Å²) >= 11 is 0. The maximum absolute atomic E-state index is 12.8. The van der Waals surface area contributed by atoms with Crippen LogP contribution >= 0.6 is 0 Å². The van der Waals surface area contributed by atoms with Crippen molar-refractivity contribution < 1.29 is 4.39 Å². The molecule has 2 unspecified atom stereocenters. The first kappa shape index (κ1) is 9.96. The first-order valence-corrected chi connectivity index (χ1v) is 5.68. The van der Waals surface area contributed by atoms with E-state index in [1.165, 1.54) is 25.2 Å². The summed E-state index contributed by atoms with van der Waals surface area (Å²) in [5.74, 6) is 0.312. The zero-order chi connectivity index (χ0) is 11.1. The summed E-state index contributed by atoms with van der Waals surface area (Å²) in [5, 5.41) is 0. The van der Waals surface area contributed by atoms with E-state index in [0.717, 1.165) is 13.1 Å². The summed E-state index contributed by atoms with van der Waals surface area (Å²) in [6.07, 6.45) is 4.88. The van der Waals surface area contributed by atoms with Gasteiger partial charge in [0, 0.05) is 25.2 Å². The van der Waals surface area contributed by atoms with Crippen molar-refractivity contribution in [3.05, 3.63) is 18.2 Å². The second-order valence-corrected chi connectivity index (χ2v) is 4.71. The van der Waals surface area contributed by atoms with Crippen LogP contribution in [0.1, 0.15) is 12.8 Å². The first-order valence-electron chi connectivity index (χ1n) is 5.68. The molecule has 1 aromatic heterocycles. The number of piperazine rings is 1. The fraction of sp³-hybridized carbons (Fsp3) is 0.636. The predicted molar refractivity (Wildman–Crippen MR) is 58.8 cm³/mol. The van der Waals surface area contributed by atoms with Gasteiger partial charge < -0.3 is 9.80 Å². The Hall–Kier alpha value is -1.23. The molecule has 0 radical (unpaired) electrons. The molecule has 0 N–H and O–H groups in total. The van der Waals surface area contributed by atoms with Crippen LogP contribution in [-0.4, -0.2) is 47.1 Å². The monoisotopic (exact) mass is 222 g/mol. The number of anilines is 1. The molecule has 2 aliphatic heterocycles. The van der Waals surface area contributed by atoms with E-state index >= 15 is 0 Å². The molecule has 0 saturated carbocycles. The molecule has 0 spiro atoms. The normalized spacial score (nSPS) is 29.8. The molecule has 4 nitrogen and oxygen atoms in total. The van der Waals surface area contributed by atoms with E-state index in [0.29, 0.717) is 18.0 Å². The molecule has 5 heteroatoms. The van der Waals surface area contributed by atoms with Gasteiger partial charge in [-0.2, -0.15) is 0 Å². The molecule has 3 rings (SSSR count). The Morgan fingerprint density at radius 1 is 1.19 bits per heavy atom. The van der Waals surface area contributed by atoms with Crippen LogP contribution in [0.25, 0.3) is 0 Å². The van der Waals surface area contributed by atoms with Crippen LogP contribution in [0.15, 0.2) is 12.4 Å². The zero-order valence-corrected chi connectivity index (χ0v) is 9.30. The molecule has 2 bridgehead atoms. The van der Waals surface area contributed by atoms with Crippen LogP contribution in [0.5, 0.6) is 0 Å². The Kier molecular flexibility index (Phi) is 2.28. The average Bonchev–Trinajstić information content (AvgIpc) is 2.54. The Bertz CT molecular complexity index is 366. The van der Waals surface area contributed by atoms with Crippen LogP contribution in [0.3, 0.4) is 0 Å². The van der Waals surface area contributed by atoms with Gasteiger partial charge >= 0.3 is 0 Å². The summed E-state index contributed by atoms with van der Waals surface area (Å²) in [5.41, 5.74) is 0. The van der Waals surface area contributed by atoms with Gasteiger partial charge in [0.25, 0.3) is 0 Å². The van der Waals surface area contributed by atoms with Gasteiger partial charge in [0.15, 0.2) is 5.82 Å². The Balaban J connectivity index is 1.88. The minimum Gasteiger partial charge on any atom is -0.332 e. The van der Waals surface area contributed by atoms with Gasteiger partial charge in [0.2, 0.25) is 5.95 Å². The van der Waals surface area contributed by atoms with Crippen LogP contribution in [-0.2, 0) is 0 Å². The van der Waals surface area contributed by atoms with Gasteiger partial charge in [-0.15, -0.1) is 0 Å². The van der Waals surface area contributed by atoms with E-state index in [9.17, 15) is 4.39 Å². The van der Waals surface area contributed by atoms with Gasteiger partial charge in [0.05, 0.1) is 12.4 Å². The number of fused-ring (bicyclic) bond motifs is 2. The van der Waals surface area contributed by atoms with Crippen molar-refractivity contribution in [3.8, 4) is 0 Å². The van der Waals surface area contributed by atoms with Crippen LogP contribution in [0.4, 0.5) is 10.3 Å². The predicted octanol–water partition coefficient (Wildman–Crippen LogP) is 0.898. The topological polar surface area (TPSA) is 32.3 Å². The molecule has 1 aromatic rings. The number of hydrogen-bond donors (Lipinski definition) is 0. The van der Waals surface area contributed by atoms with Crippen molar-refractivity contribution in [2.24, 2.45) is 0 Å². The zero-order valence-electron chi connectivity index (χ0n) is 9.30. The van der Waals surface area contributed by atoms with E-state index in [-0.39, 0.29) is 5.82 Å². The molecule has 0 aliphatic carbocycles. The number of hydrogen-bond acceptors (Lipinski definition) is 4. The standard InChI is InChI=1S/C11H15FN4/c1-15-6-9-2-3-10(7-15)16(9)11-13-4-8(12)5-14-11/h4-5,9-10H,2-3,6-7H2,1H3. The van der Waals surface area contributed by atoms with Crippen LogP contribution in [0.2, 0.25) is 0 Å². The number of likely N-dealkylation sites (tertiary alicyclic amines) is 1. The lowest BCUT2D eigenvalue weighted by Crippen LogP contribution is -2.53. The molecular formula is C11H15FN4. The van der Waals surface area contributed by atoms with Gasteiger partial charge in [-0.05, 0) is 19.9 Å². The molecule has 3 heterocycles. The summed E-state index contributed by atoms with van der Waals surface area (Å²) in [7, 11) is 2.15. The third-order valence-corrected chi connectivity index (χ3v) is 3.50. The summed E-state index contributed by atoms with van der Waals surface area (Å²) in [6.45, 7) is 2.11. The van der Waals surface area contributed by atoms with Gasteiger partial charge in [0.1, 0.15) is 0 Å². The fourth-order valence-corrected chi connectivity index (χ4v) is 2.88. The number of likely N-dealkylation sites (N-methyl/N-ethyl adjacent to an activating group) is 1. The Labute approximate surface area is 94.1 Å². The minimum atomic E-state index is -0.370. The quantitative estimate of drug-likeness (QED) is 0.706. The molecule has 16 heavy (non-hydrogen) atoms. The molecule has 2 saturated heterocycles. The van der Waals surface area contributed by atoms with Crippen molar-refractivity contribution in [2.45, 2.75) is 24.9 Å². The van der Waals surface area contributed by atoms with Crippen molar-refractivity contribution in [2.75, 3.05) is 25.0 Å². The van der Waals surface area contributed by atoms with Gasteiger partial charge in [-0.1, -0.05) is 0 Å². The van der Waals surface area contributed by atoms with E-state index in [2.05, 4.69) is 26.8 Å². The van der Waals surface area contributed by atoms with E-state index < -0.39 is 0 Å².